The number of carbonyl (C=O) groups is 1. The van der Waals surface area contributed by atoms with Crippen LogP contribution < -0.4 is 10.1 Å². The highest BCUT2D eigenvalue weighted by atomic mass is 32.2. The van der Waals surface area contributed by atoms with Gasteiger partial charge in [-0.05, 0) is 25.1 Å². The lowest BCUT2D eigenvalue weighted by atomic mass is 10.1. The summed E-state index contributed by atoms with van der Waals surface area (Å²) in [6.07, 6.45) is 0. The molecule has 24 heavy (non-hydrogen) atoms. The van der Waals surface area contributed by atoms with Crippen LogP contribution in [0.1, 0.15) is 12.5 Å². The van der Waals surface area contributed by atoms with Crippen LogP contribution in [-0.4, -0.2) is 26.6 Å². The van der Waals surface area contributed by atoms with Crippen LogP contribution in [0.25, 0.3) is 0 Å². The lowest BCUT2D eigenvalue weighted by Gasteiger charge is -2.06. The molecule has 0 heterocycles. The van der Waals surface area contributed by atoms with Crippen molar-refractivity contribution >= 4 is 21.6 Å². The minimum atomic E-state index is -3.77. The van der Waals surface area contributed by atoms with Gasteiger partial charge in [0.25, 0.3) is 5.91 Å². The second-order valence-electron chi connectivity index (χ2n) is 4.85. The Morgan fingerprint density at radius 3 is 2.38 bits per heavy atom. The van der Waals surface area contributed by atoms with E-state index in [1.807, 2.05) is 0 Å². The van der Waals surface area contributed by atoms with E-state index >= 15 is 0 Å². The zero-order chi connectivity index (χ0) is 17.6. The van der Waals surface area contributed by atoms with Gasteiger partial charge in [-0.2, -0.15) is 5.10 Å². The third-order valence-electron chi connectivity index (χ3n) is 3.09. The number of amides is 1. The molecule has 6 nitrogen and oxygen atoms in total. The van der Waals surface area contributed by atoms with Crippen LogP contribution in [0.5, 0.6) is 0 Å². The monoisotopic (exact) mass is 349 g/mol. The van der Waals surface area contributed by atoms with E-state index in [4.69, 9.17) is 0 Å². The Kier molecular flexibility index (Phi) is 5.78. The molecule has 2 aromatic rings. The third-order valence-corrected chi connectivity index (χ3v) is 4.51. The number of carbonyl (C=O) groups excluding carboxylic acids is 1. The van der Waals surface area contributed by atoms with Crippen molar-refractivity contribution in [3.63, 3.8) is 0 Å². The van der Waals surface area contributed by atoms with Crippen LogP contribution in [0.4, 0.5) is 4.39 Å². The van der Waals surface area contributed by atoms with E-state index in [2.05, 4.69) is 15.2 Å². The first-order valence-electron chi connectivity index (χ1n) is 7.03. The molecule has 0 radical (unpaired) electrons. The number of nitrogens with zero attached hydrogens (tertiary/aromatic N) is 1. The molecule has 0 bridgehead atoms. The van der Waals surface area contributed by atoms with E-state index in [-0.39, 0.29) is 16.2 Å². The van der Waals surface area contributed by atoms with E-state index in [0.717, 1.165) is 0 Å². The lowest BCUT2D eigenvalue weighted by molar-refractivity contribution is -0.119. The summed E-state index contributed by atoms with van der Waals surface area (Å²) in [6, 6.07) is 13.7. The van der Waals surface area contributed by atoms with Crippen molar-refractivity contribution in [2.75, 3.05) is 6.54 Å². The number of rotatable bonds is 6. The average molecular weight is 349 g/mol. The predicted molar refractivity (Wildman–Crippen MR) is 88.4 cm³/mol. The van der Waals surface area contributed by atoms with Gasteiger partial charge in [-0.15, -0.1) is 0 Å². The second kappa shape index (κ2) is 7.80. The summed E-state index contributed by atoms with van der Waals surface area (Å²) in [5.74, 6) is -1.12. The van der Waals surface area contributed by atoms with E-state index < -0.39 is 28.3 Å². The largest absolute Gasteiger partial charge is 0.272 e. The molecule has 0 saturated carbocycles. The molecule has 0 unspecified atom stereocenters. The zero-order valence-corrected chi connectivity index (χ0v) is 13.7. The molecule has 126 valence electrons. The molecule has 0 aliphatic heterocycles. The Labute approximate surface area is 139 Å². The number of nitrogens with one attached hydrogen (secondary N) is 2. The molecular weight excluding hydrogens is 333 g/mol. The highest BCUT2D eigenvalue weighted by Gasteiger charge is 2.14. The first kappa shape index (κ1) is 17.8. The molecule has 8 heteroatoms. The zero-order valence-electron chi connectivity index (χ0n) is 12.9. The maximum absolute atomic E-state index is 13.6. The maximum atomic E-state index is 13.6. The van der Waals surface area contributed by atoms with Crippen molar-refractivity contribution < 1.29 is 17.6 Å². The minimum absolute atomic E-state index is 0.0591. The Bertz CT molecular complexity index is 852. The molecule has 0 aromatic heterocycles. The van der Waals surface area contributed by atoms with Crippen LogP contribution in [0, 0.1) is 5.82 Å². The fourth-order valence-electron chi connectivity index (χ4n) is 1.84. The van der Waals surface area contributed by atoms with Crippen molar-refractivity contribution in [3.8, 4) is 0 Å². The molecule has 0 aliphatic rings. The SMILES string of the molecule is C/C(=N/NC(=O)CNS(=O)(=O)c1ccccc1)c1ccccc1F. The Morgan fingerprint density at radius 2 is 1.71 bits per heavy atom. The van der Waals surface area contributed by atoms with Crippen LogP contribution in [0.2, 0.25) is 0 Å². The van der Waals surface area contributed by atoms with Gasteiger partial charge in [-0.1, -0.05) is 36.4 Å². The van der Waals surface area contributed by atoms with Crippen LogP contribution in [0.3, 0.4) is 0 Å². The summed E-state index contributed by atoms with van der Waals surface area (Å²) in [4.78, 5) is 11.8. The highest BCUT2D eigenvalue weighted by Crippen LogP contribution is 2.08. The maximum Gasteiger partial charge on any atom is 0.255 e. The fraction of sp³-hybridized carbons (Fsp3) is 0.125. The van der Waals surface area contributed by atoms with Crippen molar-refractivity contribution in [2.24, 2.45) is 5.10 Å². The second-order valence-corrected chi connectivity index (χ2v) is 6.62. The Balaban J connectivity index is 1.94. The highest BCUT2D eigenvalue weighted by molar-refractivity contribution is 7.89. The first-order valence-corrected chi connectivity index (χ1v) is 8.51. The van der Waals surface area contributed by atoms with Gasteiger partial charge in [0, 0.05) is 5.56 Å². The van der Waals surface area contributed by atoms with E-state index in [1.165, 1.54) is 31.2 Å². The molecule has 0 aliphatic carbocycles. The predicted octanol–water partition coefficient (Wildman–Crippen LogP) is 1.64. The van der Waals surface area contributed by atoms with Gasteiger partial charge in [-0.3, -0.25) is 4.79 Å². The number of sulfonamides is 1. The molecule has 2 aromatic carbocycles. The molecule has 0 spiro atoms. The fourth-order valence-corrected chi connectivity index (χ4v) is 2.85. The standard InChI is InChI=1S/C16H16FN3O3S/c1-12(14-9-5-6-10-15(14)17)19-20-16(21)11-18-24(22,23)13-7-3-2-4-8-13/h2-10,18H,11H2,1H3,(H,20,21)/b19-12-. The summed E-state index contributed by atoms with van der Waals surface area (Å²) < 4.78 is 39.7. The van der Waals surface area contributed by atoms with Crippen molar-refractivity contribution in [2.45, 2.75) is 11.8 Å². The average Bonchev–Trinajstić information content (AvgIpc) is 2.59. The van der Waals surface area contributed by atoms with E-state index in [1.54, 1.807) is 30.3 Å². The molecule has 0 saturated heterocycles. The third kappa shape index (κ3) is 4.71. The van der Waals surface area contributed by atoms with Crippen LogP contribution in [-0.2, 0) is 14.8 Å². The molecule has 2 N–H and O–H groups in total. The molecule has 0 fully saturated rings. The number of hydrazone groups is 1. The van der Waals surface area contributed by atoms with Gasteiger partial charge in [-0.25, -0.2) is 23.0 Å². The summed E-state index contributed by atoms with van der Waals surface area (Å²) in [5, 5.41) is 3.77. The summed E-state index contributed by atoms with van der Waals surface area (Å²) in [6.45, 7) is 1.05. The lowest BCUT2D eigenvalue weighted by Crippen LogP contribution is -2.35. The van der Waals surface area contributed by atoms with Gasteiger partial charge in [0.15, 0.2) is 0 Å². The minimum Gasteiger partial charge on any atom is -0.272 e. The van der Waals surface area contributed by atoms with Crippen LogP contribution >= 0.6 is 0 Å². The van der Waals surface area contributed by atoms with Crippen molar-refractivity contribution in [1.29, 1.82) is 0 Å². The van der Waals surface area contributed by atoms with Gasteiger partial charge in [0.1, 0.15) is 5.82 Å². The Morgan fingerprint density at radius 1 is 1.08 bits per heavy atom. The number of halogens is 1. The molecule has 0 atom stereocenters. The van der Waals surface area contributed by atoms with Crippen molar-refractivity contribution in [1.82, 2.24) is 10.1 Å². The van der Waals surface area contributed by atoms with Crippen LogP contribution in [0.15, 0.2) is 64.6 Å². The normalized spacial score (nSPS) is 12.0. The van der Waals surface area contributed by atoms with Gasteiger partial charge in [0.2, 0.25) is 10.0 Å². The topological polar surface area (TPSA) is 87.6 Å². The number of hydrogen-bond donors (Lipinski definition) is 2. The van der Waals surface area contributed by atoms with Gasteiger partial charge < -0.3 is 0 Å². The van der Waals surface area contributed by atoms with Gasteiger partial charge >= 0.3 is 0 Å². The summed E-state index contributed by atoms with van der Waals surface area (Å²) in [5.41, 5.74) is 2.71. The van der Waals surface area contributed by atoms with E-state index in [9.17, 15) is 17.6 Å². The summed E-state index contributed by atoms with van der Waals surface area (Å²) in [7, 11) is -3.77. The quantitative estimate of drug-likeness (QED) is 0.614. The Hall–Kier alpha value is -2.58. The summed E-state index contributed by atoms with van der Waals surface area (Å²) >= 11 is 0. The first-order chi connectivity index (χ1) is 11.4. The molecular formula is C16H16FN3O3S. The molecule has 2 rings (SSSR count). The van der Waals surface area contributed by atoms with Gasteiger partial charge in [0.05, 0.1) is 17.2 Å². The van der Waals surface area contributed by atoms with Crippen molar-refractivity contribution in [3.05, 3.63) is 66.0 Å². The molecule has 1 amide bonds. The number of hydrogen-bond acceptors (Lipinski definition) is 4. The van der Waals surface area contributed by atoms with E-state index in [0.29, 0.717) is 0 Å². The smallest absolute Gasteiger partial charge is 0.255 e. The number of benzene rings is 2.